The molecule has 0 atom stereocenters. The topological polar surface area (TPSA) is 133 Å². The van der Waals surface area contributed by atoms with Gasteiger partial charge in [-0.2, -0.15) is 13.2 Å². The fourth-order valence-corrected chi connectivity index (χ4v) is 3.44. The molecule has 198 valence electrons. The fraction of sp³-hybridized carbons (Fsp3) is 0.292. The lowest BCUT2D eigenvalue weighted by Crippen LogP contribution is -2.24. The third-order valence-electron chi connectivity index (χ3n) is 5.39. The lowest BCUT2D eigenvalue weighted by Gasteiger charge is -2.08. The fourth-order valence-electron chi connectivity index (χ4n) is 3.44. The van der Waals surface area contributed by atoms with E-state index >= 15 is 0 Å². The molecule has 0 saturated heterocycles. The van der Waals surface area contributed by atoms with Gasteiger partial charge >= 0.3 is 6.18 Å². The van der Waals surface area contributed by atoms with Crippen molar-refractivity contribution >= 4 is 11.8 Å². The van der Waals surface area contributed by atoms with Gasteiger partial charge in [-0.1, -0.05) is 46.8 Å². The van der Waals surface area contributed by atoms with Crippen molar-refractivity contribution in [3.05, 3.63) is 89.3 Å². The van der Waals surface area contributed by atoms with Crippen LogP contribution in [0.25, 0.3) is 0 Å². The molecule has 0 fully saturated rings. The number of aromatic nitrogens is 7. The molecule has 14 heteroatoms. The molecular weight excluding hydrogens is 503 g/mol. The smallest absolute Gasteiger partial charge is 0.347 e. The second kappa shape index (κ2) is 12.1. The maximum absolute atomic E-state index is 12.8. The molecule has 4 aromatic rings. The Bertz CT molecular complexity index is 1370. The quantitative estimate of drug-likeness (QED) is 0.287. The molecule has 38 heavy (non-hydrogen) atoms. The van der Waals surface area contributed by atoms with E-state index in [9.17, 15) is 22.8 Å². The number of nitrogens with one attached hydrogen (secondary N) is 2. The van der Waals surface area contributed by atoms with Crippen LogP contribution in [0.2, 0.25) is 0 Å². The van der Waals surface area contributed by atoms with Crippen LogP contribution in [-0.4, -0.2) is 46.8 Å². The van der Waals surface area contributed by atoms with E-state index < -0.39 is 17.8 Å². The van der Waals surface area contributed by atoms with Crippen molar-refractivity contribution in [2.75, 3.05) is 0 Å². The Morgan fingerprint density at radius 2 is 1.34 bits per heavy atom. The van der Waals surface area contributed by atoms with Gasteiger partial charge < -0.3 is 10.6 Å². The summed E-state index contributed by atoms with van der Waals surface area (Å²) in [6, 6.07) is 13.0. The summed E-state index contributed by atoms with van der Waals surface area (Å²) in [5.74, 6) is -0.881. The predicted molar refractivity (Wildman–Crippen MR) is 127 cm³/mol. The molecule has 1 aromatic carbocycles. The minimum atomic E-state index is -4.56. The van der Waals surface area contributed by atoms with Gasteiger partial charge in [-0.05, 0) is 30.5 Å². The zero-order chi connectivity index (χ0) is 27.0. The summed E-state index contributed by atoms with van der Waals surface area (Å²) in [6.07, 6.45) is -0.127. The van der Waals surface area contributed by atoms with Gasteiger partial charge in [0.05, 0.1) is 24.6 Å². The number of nitrogens with zero attached hydrogens (tertiary/aromatic N) is 7. The molecule has 0 radical (unpaired) electrons. The van der Waals surface area contributed by atoms with Crippen LogP contribution in [-0.2, 0) is 32.4 Å². The second-order valence-corrected chi connectivity index (χ2v) is 8.30. The van der Waals surface area contributed by atoms with Crippen LogP contribution in [0.5, 0.6) is 0 Å². The first-order valence-corrected chi connectivity index (χ1v) is 11.7. The number of pyridine rings is 1. The number of amides is 2. The summed E-state index contributed by atoms with van der Waals surface area (Å²) in [6.45, 7) is 1.23. The molecule has 0 aliphatic carbocycles. The first-order valence-electron chi connectivity index (χ1n) is 11.7. The highest BCUT2D eigenvalue weighted by Crippen LogP contribution is 2.27. The molecule has 2 amide bonds. The first-order chi connectivity index (χ1) is 18.3. The zero-order valence-electron chi connectivity index (χ0n) is 20.1. The molecule has 0 aliphatic rings. The van der Waals surface area contributed by atoms with Gasteiger partial charge in [-0.15, -0.1) is 10.2 Å². The van der Waals surface area contributed by atoms with Crippen molar-refractivity contribution in [1.82, 2.24) is 45.6 Å². The largest absolute Gasteiger partial charge is 0.433 e. The Morgan fingerprint density at radius 1 is 0.763 bits per heavy atom. The van der Waals surface area contributed by atoms with Gasteiger partial charge in [0.1, 0.15) is 5.69 Å². The third-order valence-corrected chi connectivity index (χ3v) is 5.39. The van der Waals surface area contributed by atoms with E-state index in [2.05, 4.69) is 36.2 Å². The molecule has 4 rings (SSSR count). The van der Waals surface area contributed by atoms with Crippen LogP contribution in [0.1, 0.15) is 50.8 Å². The molecular formula is C24H24F3N9O2. The van der Waals surface area contributed by atoms with Gasteiger partial charge in [-0.25, -0.2) is 4.98 Å². The summed E-state index contributed by atoms with van der Waals surface area (Å²) in [5, 5.41) is 20.9. The molecule has 0 bridgehead atoms. The van der Waals surface area contributed by atoms with Crippen molar-refractivity contribution in [3.8, 4) is 0 Å². The van der Waals surface area contributed by atoms with Gasteiger partial charge in [0.15, 0.2) is 11.4 Å². The van der Waals surface area contributed by atoms with Crippen LogP contribution in [0.4, 0.5) is 13.2 Å². The van der Waals surface area contributed by atoms with E-state index in [1.807, 2.05) is 30.3 Å². The van der Waals surface area contributed by atoms with Crippen molar-refractivity contribution in [2.24, 2.45) is 0 Å². The Labute approximate surface area is 215 Å². The number of benzene rings is 1. The molecule has 2 N–H and O–H groups in total. The van der Waals surface area contributed by atoms with E-state index in [4.69, 9.17) is 0 Å². The maximum Gasteiger partial charge on any atom is 0.433 e. The van der Waals surface area contributed by atoms with Crippen molar-refractivity contribution < 1.29 is 22.8 Å². The van der Waals surface area contributed by atoms with Crippen LogP contribution in [0.3, 0.4) is 0 Å². The standard InChI is InChI=1S/C24H24F3N9O2/c25-24(26,27)21-10-6-9-18(30-21)14-29-23(38)20-16-36(34-32-20)12-5-4-11-35-15-19(31-33-35)22(37)28-13-17-7-2-1-3-8-17/h1-3,6-10,15-16H,4-5,11-14H2,(H,28,37)(H,29,38). The number of alkyl halides is 3. The number of halogens is 3. The van der Waals surface area contributed by atoms with E-state index in [0.29, 0.717) is 32.5 Å². The number of aryl methyl sites for hydroxylation is 2. The predicted octanol–water partition coefficient (Wildman–Crippen LogP) is 2.62. The van der Waals surface area contributed by atoms with Crippen LogP contribution < -0.4 is 10.6 Å². The monoisotopic (exact) mass is 527 g/mol. The van der Waals surface area contributed by atoms with Crippen LogP contribution in [0.15, 0.2) is 60.9 Å². The van der Waals surface area contributed by atoms with E-state index in [1.54, 1.807) is 10.9 Å². The average molecular weight is 528 g/mol. The SMILES string of the molecule is O=C(NCc1ccccc1)c1cn(CCCCn2cc(C(=O)NCc3cccc(C(F)(F)F)n3)nn2)nn1. The van der Waals surface area contributed by atoms with E-state index in [0.717, 1.165) is 11.6 Å². The van der Waals surface area contributed by atoms with Crippen molar-refractivity contribution in [1.29, 1.82) is 0 Å². The van der Waals surface area contributed by atoms with Crippen LogP contribution in [0, 0.1) is 0 Å². The van der Waals surface area contributed by atoms with Crippen LogP contribution >= 0.6 is 0 Å². The Balaban J connectivity index is 1.17. The second-order valence-electron chi connectivity index (χ2n) is 8.30. The zero-order valence-corrected chi connectivity index (χ0v) is 20.1. The van der Waals surface area contributed by atoms with Crippen molar-refractivity contribution in [2.45, 2.75) is 45.2 Å². The van der Waals surface area contributed by atoms with Gasteiger partial charge in [0.25, 0.3) is 11.8 Å². The Hall–Kier alpha value is -4.62. The molecule has 0 aliphatic heterocycles. The summed E-state index contributed by atoms with van der Waals surface area (Å²) in [4.78, 5) is 28.1. The Morgan fingerprint density at radius 3 is 1.92 bits per heavy atom. The highest BCUT2D eigenvalue weighted by Gasteiger charge is 2.32. The summed E-state index contributed by atoms with van der Waals surface area (Å²) in [7, 11) is 0. The summed E-state index contributed by atoms with van der Waals surface area (Å²) < 4.78 is 41.4. The highest BCUT2D eigenvalue weighted by molar-refractivity contribution is 5.92. The minimum Gasteiger partial charge on any atom is -0.347 e. The van der Waals surface area contributed by atoms with Gasteiger partial charge in [0.2, 0.25) is 0 Å². The van der Waals surface area contributed by atoms with E-state index in [-0.39, 0.29) is 29.5 Å². The maximum atomic E-state index is 12.8. The molecule has 11 nitrogen and oxygen atoms in total. The molecule has 0 unspecified atom stereocenters. The summed E-state index contributed by atoms with van der Waals surface area (Å²) >= 11 is 0. The first kappa shape index (κ1) is 26.4. The van der Waals surface area contributed by atoms with Gasteiger partial charge in [0, 0.05) is 19.6 Å². The Kier molecular flexibility index (Phi) is 8.40. The molecule has 0 saturated carbocycles. The lowest BCUT2D eigenvalue weighted by molar-refractivity contribution is -0.141. The normalized spacial score (nSPS) is 11.3. The lowest BCUT2D eigenvalue weighted by atomic mass is 10.2. The average Bonchev–Trinajstić information content (AvgIpc) is 3.59. The van der Waals surface area contributed by atoms with Crippen molar-refractivity contribution in [3.63, 3.8) is 0 Å². The molecule has 0 spiro atoms. The van der Waals surface area contributed by atoms with Gasteiger partial charge in [-0.3, -0.25) is 19.0 Å². The number of rotatable bonds is 11. The summed E-state index contributed by atoms with van der Waals surface area (Å²) in [5.41, 5.74) is 0.302. The number of hydrogen-bond acceptors (Lipinski definition) is 7. The molecule has 3 heterocycles. The number of carbonyl (C=O) groups excluding carboxylic acids is 2. The highest BCUT2D eigenvalue weighted by atomic mass is 19.4. The third kappa shape index (κ3) is 7.44. The number of unbranched alkanes of at least 4 members (excludes halogenated alkanes) is 1. The van der Waals surface area contributed by atoms with E-state index in [1.165, 1.54) is 23.0 Å². The molecule has 3 aromatic heterocycles. The number of hydrogen-bond donors (Lipinski definition) is 2. The number of carbonyl (C=O) groups is 2. The minimum absolute atomic E-state index is 0.0411.